The Morgan fingerprint density at radius 1 is 1.25 bits per heavy atom. The molecule has 7 heteroatoms. The molecule has 142 valence electrons. The molecule has 1 heterocycles. The first-order valence-corrected chi connectivity index (χ1v) is 9.40. The summed E-state index contributed by atoms with van der Waals surface area (Å²) >= 11 is 1.47. The van der Waals surface area contributed by atoms with Crippen molar-refractivity contribution in [1.29, 1.82) is 5.26 Å². The second-order valence-corrected chi connectivity index (χ2v) is 6.69. The summed E-state index contributed by atoms with van der Waals surface area (Å²) in [4.78, 5) is 16.0. The lowest BCUT2D eigenvalue weighted by Gasteiger charge is -2.11. The van der Waals surface area contributed by atoms with Crippen LogP contribution in [0.25, 0.3) is 21.9 Å². The number of aromatic nitrogens is 1. The fourth-order valence-electron chi connectivity index (χ4n) is 2.53. The highest BCUT2D eigenvalue weighted by Crippen LogP contribution is 2.31. The number of esters is 1. The molecule has 0 aliphatic carbocycles. The summed E-state index contributed by atoms with van der Waals surface area (Å²) in [6.45, 7) is 1.83. The number of carbonyl (C=O) groups is 1. The van der Waals surface area contributed by atoms with Gasteiger partial charge >= 0.3 is 5.97 Å². The van der Waals surface area contributed by atoms with Crippen molar-refractivity contribution in [2.75, 3.05) is 20.3 Å². The van der Waals surface area contributed by atoms with Crippen LogP contribution in [0.3, 0.4) is 0 Å². The van der Waals surface area contributed by atoms with E-state index in [1.807, 2.05) is 24.3 Å². The van der Waals surface area contributed by atoms with Gasteiger partial charge in [0.1, 0.15) is 11.1 Å². The van der Waals surface area contributed by atoms with Crippen LogP contribution in [0.5, 0.6) is 11.5 Å². The Morgan fingerprint density at radius 3 is 2.79 bits per heavy atom. The number of hydrogen-bond donors (Lipinski definition) is 0. The second-order valence-electron chi connectivity index (χ2n) is 5.66. The second kappa shape index (κ2) is 9.02. The van der Waals surface area contributed by atoms with Crippen LogP contribution in [-0.2, 0) is 9.53 Å². The van der Waals surface area contributed by atoms with Crippen molar-refractivity contribution in [3.05, 3.63) is 53.0 Å². The quantitative estimate of drug-likeness (QED) is 0.439. The molecule has 0 fully saturated rings. The number of nitriles is 1. The predicted octanol–water partition coefficient (Wildman–Crippen LogP) is 4.31. The predicted molar refractivity (Wildman–Crippen MR) is 108 cm³/mol. The Balaban J connectivity index is 1.85. The average Bonchev–Trinajstić information content (AvgIpc) is 3.15. The molecular formula is C21H18N2O4S. The molecule has 0 spiro atoms. The van der Waals surface area contributed by atoms with Crippen molar-refractivity contribution in [2.24, 2.45) is 0 Å². The third-order valence-electron chi connectivity index (χ3n) is 3.79. The maximum absolute atomic E-state index is 11.5. The van der Waals surface area contributed by atoms with Gasteiger partial charge in [0.15, 0.2) is 18.1 Å². The van der Waals surface area contributed by atoms with E-state index < -0.39 is 5.97 Å². The highest BCUT2D eigenvalue weighted by atomic mass is 32.1. The van der Waals surface area contributed by atoms with Crippen LogP contribution in [-0.4, -0.2) is 31.3 Å². The SMILES string of the molecule is CCOC(=O)COc1ccc(C=C(C#N)c2nc3ccccc3s2)cc1OC. The van der Waals surface area contributed by atoms with E-state index in [0.29, 0.717) is 28.7 Å². The van der Waals surface area contributed by atoms with E-state index in [9.17, 15) is 10.1 Å². The molecule has 0 N–H and O–H groups in total. The number of fused-ring (bicyclic) bond motifs is 1. The van der Waals surface area contributed by atoms with Gasteiger partial charge in [-0.05, 0) is 42.8 Å². The molecule has 0 bridgehead atoms. The average molecular weight is 394 g/mol. The van der Waals surface area contributed by atoms with Gasteiger partial charge < -0.3 is 14.2 Å². The Bertz CT molecular complexity index is 1030. The van der Waals surface area contributed by atoms with Gasteiger partial charge in [0.25, 0.3) is 0 Å². The zero-order valence-electron chi connectivity index (χ0n) is 15.5. The van der Waals surface area contributed by atoms with Gasteiger partial charge in [-0.15, -0.1) is 11.3 Å². The molecular weight excluding hydrogens is 376 g/mol. The molecule has 0 radical (unpaired) electrons. The van der Waals surface area contributed by atoms with E-state index in [1.165, 1.54) is 18.4 Å². The third-order valence-corrected chi connectivity index (χ3v) is 4.86. The fraction of sp³-hybridized carbons (Fsp3) is 0.190. The normalized spacial score (nSPS) is 11.1. The van der Waals surface area contributed by atoms with Crippen LogP contribution in [0.2, 0.25) is 0 Å². The zero-order chi connectivity index (χ0) is 19.9. The number of para-hydroxylation sites is 1. The Labute approximate surface area is 166 Å². The zero-order valence-corrected chi connectivity index (χ0v) is 16.3. The molecule has 0 amide bonds. The number of hydrogen-bond acceptors (Lipinski definition) is 7. The summed E-state index contributed by atoms with van der Waals surface area (Å²) in [7, 11) is 1.51. The van der Waals surface area contributed by atoms with Crippen LogP contribution < -0.4 is 9.47 Å². The lowest BCUT2D eigenvalue weighted by molar-refractivity contribution is -0.145. The summed E-state index contributed by atoms with van der Waals surface area (Å²) in [5.41, 5.74) is 2.09. The highest BCUT2D eigenvalue weighted by Gasteiger charge is 2.11. The largest absolute Gasteiger partial charge is 0.493 e. The van der Waals surface area contributed by atoms with Crippen molar-refractivity contribution in [3.63, 3.8) is 0 Å². The van der Waals surface area contributed by atoms with Crippen molar-refractivity contribution in [1.82, 2.24) is 4.98 Å². The lowest BCUT2D eigenvalue weighted by atomic mass is 10.1. The van der Waals surface area contributed by atoms with E-state index in [1.54, 1.807) is 31.2 Å². The van der Waals surface area contributed by atoms with E-state index in [0.717, 1.165) is 15.8 Å². The molecule has 3 rings (SSSR count). The maximum Gasteiger partial charge on any atom is 0.344 e. The molecule has 0 aliphatic heterocycles. The Morgan fingerprint density at radius 2 is 2.07 bits per heavy atom. The minimum absolute atomic E-state index is 0.200. The number of allylic oxidation sites excluding steroid dienone is 1. The standard InChI is InChI=1S/C21H18N2O4S/c1-3-26-20(24)13-27-17-9-8-14(11-18(17)25-2)10-15(12-22)21-23-16-6-4-5-7-19(16)28-21/h4-11H,3,13H2,1-2H3. The molecule has 0 aliphatic rings. The highest BCUT2D eigenvalue weighted by molar-refractivity contribution is 7.19. The first-order valence-electron chi connectivity index (χ1n) is 8.58. The minimum Gasteiger partial charge on any atom is -0.493 e. The van der Waals surface area contributed by atoms with Gasteiger partial charge in [0.05, 0.1) is 29.5 Å². The molecule has 2 aromatic carbocycles. The summed E-state index contributed by atoms with van der Waals surface area (Å²) < 4.78 is 16.7. The number of ether oxygens (including phenoxy) is 3. The molecule has 0 saturated heterocycles. The van der Waals surface area contributed by atoms with Gasteiger partial charge in [-0.1, -0.05) is 18.2 Å². The van der Waals surface area contributed by atoms with Crippen LogP contribution in [0.4, 0.5) is 0 Å². The number of benzene rings is 2. The number of methoxy groups -OCH3 is 1. The first kappa shape index (κ1) is 19.4. The third kappa shape index (κ3) is 4.48. The number of thiazole rings is 1. The smallest absolute Gasteiger partial charge is 0.344 e. The van der Waals surface area contributed by atoms with Crippen LogP contribution in [0.1, 0.15) is 17.5 Å². The number of rotatable bonds is 7. The van der Waals surface area contributed by atoms with Gasteiger partial charge in [0.2, 0.25) is 0 Å². The Kier molecular flexibility index (Phi) is 6.25. The summed E-state index contributed by atoms with van der Waals surface area (Å²) in [5.74, 6) is 0.432. The number of carbonyl (C=O) groups excluding carboxylic acids is 1. The van der Waals surface area contributed by atoms with Crippen molar-refractivity contribution in [2.45, 2.75) is 6.92 Å². The maximum atomic E-state index is 11.5. The molecule has 0 atom stereocenters. The topological polar surface area (TPSA) is 81.4 Å². The van der Waals surface area contributed by atoms with Crippen LogP contribution in [0, 0.1) is 11.3 Å². The number of nitrogens with zero attached hydrogens (tertiary/aromatic N) is 2. The molecule has 28 heavy (non-hydrogen) atoms. The van der Waals surface area contributed by atoms with Crippen molar-refractivity contribution >= 4 is 39.2 Å². The monoisotopic (exact) mass is 394 g/mol. The van der Waals surface area contributed by atoms with Gasteiger partial charge in [0, 0.05) is 0 Å². The fourth-order valence-corrected chi connectivity index (χ4v) is 3.46. The molecule has 6 nitrogen and oxygen atoms in total. The summed E-state index contributed by atoms with van der Waals surface area (Å²) in [6.07, 6.45) is 1.75. The lowest BCUT2D eigenvalue weighted by Crippen LogP contribution is -2.14. The van der Waals surface area contributed by atoms with Crippen LogP contribution in [0.15, 0.2) is 42.5 Å². The Hall–Kier alpha value is -3.37. The molecule has 3 aromatic rings. The molecule has 0 saturated carbocycles. The summed E-state index contributed by atoms with van der Waals surface area (Å²) in [5, 5.41) is 10.2. The van der Waals surface area contributed by atoms with E-state index >= 15 is 0 Å². The summed E-state index contributed by atoms with van der Waals surface area (Å²) in [6, 6.07) is 15.2. The van der Waals surface area contributed by atoms with Gasteiger partial charge in [-0.25, -0.2) is 9.78 Å². The molecule has 0 unspecified atom stereocenters. The first-order chi connectivity index (χ1) is 13.6. The van der Waals surface area contributed by atoms with Crippen molar-refractivity contribution < 1.29 is 19.0 Å². The van der Waals surface area contributed by atoms with E-state index in [2.05, 4.69) is 11.1 Å². The van der Waals surface area contributed by atoms with Gasteiger partial charge in [-0.2, -0.15) is 5.26 Å². The van der Waals surface area contributed by atoms with Crippen molar-refractivity contribution in [3.8, 4) is 17.6 Å². The van der Waals surface area contributed by atoms with E-state index in [-0.39, 0.29) is 6.61 Å². The van der Waals surface area contributed by atoms with E-state index in [4.69, 9.17) is 14.2 Å². The molecule has 1 aromatic heterocycles. The van der Waals surface area contributed by atoms with Gasteiger partial charge in [-0.3, -0.25) is 0 Å². The minimum atomic E-state index is -0.448. The van der Waals surface area contributed by atoms with Crippen LogP contribution >= 0.6 is 11.3 Å².